The van der Waals surface area contributed by atoms with Crippen LogP contribution in [0.3, 0.4) is 0 Å². The highest BCUT2D eigenvalue weighted by molar-refractivity contribution is 6.09. The Bertz CT molecular complexity index is 689. The van der Waals surface area contributed by atoms with Crippen LogP contribution in [-0.4, -0.2) is 37.0 Å². The first-order valence-electron chi connectivity index (χ1n) is 7.97. The summed E-state index contributed by atoms with van der Waals surface area (Å²) in [4.78, 5) is 19.5. The Morgan fingerprint density at radius 1 is 1.04 bits per heavy atom. The van der Waals surface area contributed by atoms with Gasteiger partial charge in [-0.2, -0.15) is 0 Å². The highest BCUT2D eigenvalue weighted by Crippen LogP contribution is 2.39. The van der Waals surface area contributed by atoms with Gasteiger partial charge < -0.3 is 10.5 Å². The average Bonchev–Trinajstić information content (AvgIpc) is 2.89. The van der Waals surface area contributed by atoms with Gasteiger partial charge in [-0.15, -0.1) is 0 Å². The molecule has 5 nitrogen and oxygen atoms in total. The van der Waals surface area contributed by atoms with Gasteiger partial charge in [0.25, 0.3) is 5.91 Å². The van der Waals surface area contributed by atoms with Crippen LogP contribution in [-0.2, 0) is 15.1 Å². The van der Waals surface area contributed by atoms with Gasteiger partial charge in [0.15, 0.2) is 11.5 Å². The largest absolute Gasteiger partial charge is 0.385 e. The van der Waals surface area contributed by atoms with Crippen molar-refractivity contribution in [2.45, 2.75) is 12.0 Å². The lowest BCUT2D eigenvalue weighted by molar-refractivity contribution is -0.130. The van der Waals surface area contributed by atoms with Gasteiger partial charge in [-0.25, -0.2) is 4.99 Å². The molecular formula is C19H21N3O2. The first-order valence-corrected chi connectivity index (χ1v) is 7.97. The summed E-state index contributed by atoms with van der Waals surface area (Å²) >= 11 is 0. The fraction of sp³-hybridized carbons (Fsp3) is 0.263. The van der Waals surface area contributed by atoms with Crippen molar-refractivity contribution < 1.29 is 9.53 Å². The number of amides is 1. The fourth-order valence-electron chi connectivity index (χ4n) is 3.06. The number of carbonyl (C=O) groups is 1. The van der Waals surface area contributed by atoms with E-state index < -0.39 is 5.54 Å². The van der Waals surface area contributed by atoms with E-state index in [1.54, 1.807) is 12.0 Å². The van der Waals surface area contributed by atoms with Crippen molar-refractivity contribution in [1.82, 2.24) is 4.90 Å². The number of aliphatic imine (C=N–C) groups is 1. The van der Waals surface area contributed by atoms with Crippen molar-refractivity contribution in [3.8, 4) is 0 Å². The maximum Gasteiger partial charge on any atom is 0.266 e. The second kappa shape index (κ2) is 6.84. The second-order valence-corrected chi connectivity index (χ2v) is 5.72. The van der Waals surface area contributed by atoms with Crippen LogP contribution in [0.4, 0.5) is 0 Å². The van der Waals surface area contributed by atoms with Gasteiger partial charge in [-0.1, -0.05) is 60.7 Å². The summed E-state index contributed by atoms with van der Waals surface area (Å²) in [6.07, 6.45) is 0.706. The minimum absolute atomic E-state index is 0.117. The summed E-state index contributed by atoms with van der Waals surface area (Å²) < 4.78 is 5.07. The van der Waals surface area contributed by atoms with E-state index in [4.69, 9.17) is 10.5 Å². The molecule has 0 atom stereocenters. The topological polar surface area (TPSA) is 67.9 Å². The van der Waals surface area contributed by atoms with Gasteiger partial charge in [-0.05, 0) is 17.5 Å². The summed E-state index contributed by atoms with van der Waals surface area (Å²) in [6, 6.07) is 19.1. The van der Waals surface area contributed by atoms with Crippen LogP contribution < -0.4 is 5.73 Å². The molecule has 5 heteroatoms. The summed E-state index contributed by atoms with van der Waals surface area (Å²) in [5.41, 5.74) is 6.64. The van der Waals surface area contributed by atoms with Gasteiger partial charge in [-0.3, -0.25) is 9.69 Å². The molecule has 0 spiro atoms. The number of benzene rings is 2. The number of rotatable bonds is 6. The number of ether oxygens (including phenoxy) is 1. The Hall–Kier alpha value is -2.66. The minimum atomic E-state index is -1.11. The maximum atomic E-state index is 13.3. The molecule has 24 heavy (non-hydrogen) atoms. The summed E-state index contributed by atoms with van der Waals surface area (Å²) in [5, 5.41) is 0. The molecule has 124 valence electrons. The summed E-state index contributed by atoms with van der Waals surface area (Å²) in [5.74, 6) is 0.136. The molecule has 0 fully saturated rings. The summed E-state index contributed by atoms with van der Waals surface area (Å²) in [7, 11) is 1.64. The normalized spacial score (nSPS) is 16.3. The molecule has 0 radical (unpaired) electrons. The predicted octanol–water partition coefficient (Wildman–Crippen LogP) is 2.12. The van der Waals surface area contributed by atoms with Crippen molar-refractivity contribution in [2.75, 3.05) is 20.3 Å². The first kappa shape index (κ1) is 16.2. The number of nitrogens with zero attached hydrogens (tertiary/aromatic N) is 2. The SMILES string of the molecule is COCCCN1C(=O)C(c2ccccc2)(c2ccccc2)N=C1N. The first-order chi connectivity index (χ1) is 11.7. The van der Waals surface area contributed by atoms with E-state index in [1.165, 1.54) is 0 Å². The predicted molar refractivity (Wildman–Crippen MR) is 93.5 cm³/mol. The van der Waals surface area contributed by atoms with Gasteiger partial charge in [0.2, 0.25) is 0 Å². The lowest BCUT2D eigenvalue weighted by atomic mass is 9.83. The quantitative estimate of drug-likeness (QED) is 0.828. The molecule has 1 amide bonds. The number of nitrogens with two attached hydrogens (primary N) is 1. The molecule has 0 saturated heterocycles. The lowest BCUT2D eigenvalue weighted by Crippen LogP contribution is -2.44. The van der Waals surface area contributed by atoms with Crippen LogP contribution in [0.25, 0.3) is 0 Å². The Morgan fingerprint density at radius 3 is 2.08 bits per heavy atom. The monoisotopic (exact) mass is 323 g/mol. The highest BCUT2D eigenvalue weighted by atomic mass is 16.5. The van der Waals surface area contributed by atoms with Gasteiger partial charge in [0.05, 0.1) is 0 Å². The number of methoxy groups -OCH3 is 1. The smallest absolute Gasteiger partial charge is 0.266 e. The molecular weight excluding hydrogens is 302 g/mol. The zero-order valence-corrected chi connectivity index (χ0v) is 13.7. The van der Waals surface area contributed by atoms with Crippen LogP contribution in [0.5, 0.6) is 0 Å². The highest BCUT2D eigenvalue weighted by Gasteiger charge is 2.50. The second-order valence-electron chi connectivity index (χ2n) is 5.72. The zero-order valence-electron chi connectivity index (χ0n) is 13.7. The van der Waals surface area contributed by atoms with Crippen molar-refractivity contribution in [2.24, 2.45) is 10.7 Å². The molecule has 0 aromatic heterocycles. The van der Waals surface area contributed by atoms with E-state index in [0.29, 0.717) is 19.6 Å². The molecule has 0 saturated carbocycles. The van der Waals surface area contributed by atoms with Crippen molar-refractivity contribution in [1.29, 1.82) is 0 Å². The fourth-order valence-corrected chi connectivity index (χ4v) is 3.06. The van der Waals surface area contributed by atoms with Crippen LogP contribution in [0.15, 0.2) is 65.7 Å². The van der Waals surface area contributed by atoms with E-state index in [0.717, 1.165) is 11.1 Å². The van der Waals surface area contributed by atoms with Gasteiger partial charge >= 0.3 is 0 Å². The summed E-state index contributed by atoms with van der Waals surface area (Å²) in [6.45, 7) is 1.06. The van der Waals surface area contributed by atoms with Crippen LogP contribution in [0.2, 0.25) is 0 Å². The molecule has 2 aromatic rings. The minimum Gasteiger partial charge on any atom is -0.385 e. The van der Waals surface area contributed by atoms with Crippen LogP contribution in [0, 0.1) is 0 Å². The Balaban J connectivity index is 2.06. The number of guanidine groups is 1. The average molecular weight is 323 g/mol. The number of carbonyl (C=O) groups excluding carboxylic acids is 1. The Kier molecular flexibility index (Phi) is 4.62. The third-order valence-corrected chi connectivity index (χ3v) is 4.23. The van der Waals surface area contributed by atoms with Crippen LogP contribution in [0.1, 0.15) is 17.5 Å². The van der Waals surface area contributed by atoms with Crippen molar-refractivity contribution in [3.05, 3.63) is 71.8 Å². The Morgan fingerprint density at radius 2 is 1.58 bits per heavy atom. The van der Waals surface area contributed by atoms with Gasteiger partial charge in [0, 0.05) is 20.3 Å². The third-order valence-electron chi connectivity index (χ3n) is 4.23. The maximum absolute atomic E-state index is 13.3. The molecule has 1 aliphatic heterocycles. The molecule has 3 rings (SSSR count). The molecule has 2 N–H and O–H groups in total. The number of hydrogen-bond donors (Lipinski definition) is 1. The Labute approximate surface area is 141 Å². The van der Waals surface area contributed by atoms with E-state index in [9.17, 15) is 4.79 Å². The van der Waals surface area contributed by atoms with Crippen molar-refractivity contribution >= 4 is 11.9 Å². The zero-order chi connectivity index (χ0) is 17.0. The molecule has 0 unspecified atom stereocenters. The third kappa shape index (κ3) is 2.67. The molecule has 0 bridgehead atoms. The molecule has 2 aromatic carbocycles. The molecule has 1 aliphatic rings. The van der Waals surface area contributed by atoms with Gasteiger partial charge in [0.1, 0.15) is 0 Å². The van der Waals surface area contributed by atoms with Crippen LogP contribution >= 0.6 is 0 Å². The van der Waals surface area contributed by atoms with E-state index in [1.807, 2.05) is 60.7 Å². The molecule has 0 aliphatic carbocycles. The van der Waals surface area contributed by atoms with Crippen molar-refractivity contribution in [3.63, 3.8) is 0 Å². The lowest BCUT2D eigenvalue weighted by Gasteiger charge is -2.27. The number of hydrogen-bond acceptors (Lipinski definition) is 4. The standard InChI is InChI=1S/C19H21N3O2/c1-24-14-8-13-22-17(23)19(21-18(22)20,15-9-4-2-5-10-15)16-11-6-3-7-12-16/h2-7,9-12H,8,13-14H2,1H3,(H2,20,21). The van der Waals surface area contributed by atoms with E-state index in [-0.39, 0.29) is 11.9 Å². The molecule has 1 heterocycles. The van der Waals surface area contributed by atoms with E-state index >= 15 is 0 Å². The van der Waals surface area contributed by atoms with E-state index in [2.05, 4.69) is 4.99 Å².